The van der Waals surface area contributed by atoms with E-state index in [9.17, 15) is 0 Å². The standard InChI is InChI=1S/C16H22N6/c1-2-11(1)15-21-14-5-7-17-6-4-13(14)16(22-15)19-8-3-12-9-18-10-20-12/h9-11,17H,1-8H2,(H,18,20)(H,19,21,22). The Bertz CT molecular complexity index is 632. The third-order valence-electron chi connectivity index (χ3n) is 4.38. The molecule has 3 heterocycles. The summed E-state index contributed by atoms with van der Waals surface area (Å²) in [6, 6.07) is 0. The van der Waals surface area contributed by atoms with Gasteiger partial charge in [0, 0.05) is 49.3 Å². The van der Waals surface area contributed by atoms with E-state index in [4.69, 9.17) is 9.97 Å². The fourth-order valence-corrected chi connectivity index (χ4v) is 2.97. The molecule has 116 valence electrons. The number of H-pyrrole nitrogens is 1. The van der Waals surface area contributed by atoms with Crippen LogP contribution < -0.4 is 10.6 Å². The lowest BCUT2D eigenvalue weighted by Gasteiger charge is -2.14. The number of hydrogen-bond donors (Lipinski definition) is 3. The highest BCUT2D eigenvalue weighted by molar-refractivity contribution is 5.48. The maximum Gasteiger partial charge on any atom is 0.134 e. The Morgan fingerprint density at radius 1 is 1.18 bits per heavy atom. The number of fused-ring (bicyclic) bond motifs is 1. The SMILES string of the molecule is c1ncc(CCNc2nc(C3CC3)nc3c2CCNCC3)[nH]1. The summed E-state index contributed by atoms with van der Waals surface area (Å²) in [6.07, 6.45) is 9.02. The van der Waals surface area contributed by atoms with E-state index in [2.05, 4.69) is 20.6 Å². The third-order valence-corrected chi connectivity index (χ3v) is 4.38. The van der Waals surface area contributed by atoms with Crippen LogP contribution in [0.3, 0.4) is 0 Å². The molecule has 1 aliphatic heterocycles. The second kappa shape index (κ2) is 6.04. The number of nitrogens with one attached hydrogen (secondary N) is 3. The number of anilines is 1. The summed E-state index contributed by atoms with van der Waals surface area (Å²) in [4.78, 5) is 16.9. The van der Waals surface area contributed by atoms with E-state index < -0.39 is 0 Å². The first kappa shape index (κ1) is 13.7. The lowest BCUT2D eigenvalue weighted by molar-refractivity contribution is 0.707. The van der Waals surface area contributed by atoms with Gasteiger partial charge in [0.2, 0.25) is 0 Å². The average molecular weight is 298 g/mol. The van der Waals surface area contributed by atoms with Gasteiger partial charge in [0.25, 0.3) is 0 Å². The molecule has 4 rings (SSSR count). The summed E-state index contributed by atoms with van der Waals surface area (Å²) in [6.45, 7) is 2.89. The molecule has 0 bridgehead atoms. The second-order valence-corrected chi connectivity index (χ2v) is 6.13. The van der Waals surface area contributed by atoms with Crippen LogP contribution in [0.2, 0.25) is 0 Å². The molecule has 2 aliphatic rings. The summed E-state index contributed by atoms with van der Waals surface area (Å²) in [7, 11) is 0. The van der Waals surface area contributed by atoms with Gasteiger partial charge in [0.1, 0.15) is 11.6 Å². The first-order valence-corrected chi connectivity index (χ1v) is 8.21. The van der Waals surface area contributed by atoms with Crippen molar-refractivity contribution in [2.24, 2.45) is 0 Å². The monoisotopic (exact) mass is 298 g/mol. The Morgan fingerprint density at radius 2 is 2.09 bits per heavy atom. The lowest BCUT2D eigenvalue weighted by Crippen LogP contribution is -2.16. The van der Waals surface area contributed by atoms with Gasteiger partial charge in [-0.3, -0.25) is 0 Å². The van der Waals surface area contributed by atoms with Crippen LogP contribution in [-0.4, -0.2) is 39.6 Å². The minimum Gasteiger partial charge on any atom is -0.369 e. The molecule has 0 saturated heterocycles. The number of hydrogen-bond acceptors (Lipinski definition) is 5. The average Bonchev–Trinajstić information content (AvgIpc) is 3.30. The highest BCUT2D eigenvalue weighted by Gasteiger charge is 2.28. The molecule has 1 saturated carbocycles. The van der Waals surface area contributed by atoms with Crippen LogP contribution in [0.15, 0.2) is 12.5 Å². The summed E-state index contributed by atoms with van der Waals surface area (Å²) in [5.74, 6) is 2.69. The molecule has 0 unspecified atom stereocenters. The third kappa shape index (κ3) is 2.97. The van der Waals surface area contributed by atoms with Gasteiger partial charge in [0.15, 0.2) is 0 Å². The van der Waals surface area contributed by atoms with Crippen LogP contribution in [0, 0.1) is 0 Å². The lowest BCUT2D eigenvalue weighted by atomic mass is 10.1. The highest BCUT2D eigenvalue weighted by Crippen LogP contribution is 2.39. The Morgan fingerprint density at radius 3 is 2.91 bits per heavy atom. The van der Waals surface area contributed by atoms with Crippen LogP contribution in [0.4, 0.5) is 5.82 Å². The number of rotatable bonds is 5. The van der Waals surface area contributed by atoms with E-state index in [0.29, 0.717) is 5.92 Å². The molecule has 0 spiro atoms. The summed E-state index contributed by atoms with van der Waals surface area (Å²) in [5.41, 5.74) is 3.70. The maximum atomic E-state index is 4.85. The second-order valence-electron chi connectivity index (χ2n) is 6.13. The van der Waals surface area contributed by atoms with Gasteiger partial charge in [-0.05, 0) is 25.8 Å². The molecule has 0 aromatic carbocycles. The quantitative estimate of drug-likeness (QED) is 0.778. The van der Waals surface area contributed by atoms with Gasteiger partial charge in [-0.1, -0.05) is 0 Å². The molecular weight excluding hydrogens is 276 g/mol. The van der Waals surface area contributed by atoms with E-state index in [0.717, 1.165) is 56.2 Å². The molecule has 3 N–H and O–H groups in total. The van der Waals surface area contributed by atoms with Gasteiger partial charge in [-0.2, -0.15) is 0 Å². The van der Waals surface area contributed by atoms with Crippen molar-refractivity contribution in [2.75, 3.05) is 25.0 Å². The normalized spacial score (nSPS) is 17.8. The molecule has 2 aromatic heterocycles. The minimum atomic E-state index is 0.592. The summed E-state index contributed by atoms with van der Waals surface area (Å²) in [5, 5.41) is 6.99. The number of imidazole rings is 1. The van der Waals surface area contributed by atoms with Gasteiger partial charge in [0.05, 0.1) is 12.0 Å². The van der Waals surface area contributed by atoms with Crippen molar-refractivity contribution in [1.29, 1.82) is 0 Å². The first-order chi connectivity index (χ1) is 10.9. The molecular formula is C16H22N6. The van der Waals surface area contributed by atoms with E-state index in [1.165, 1.54) is 24.1 Å². The van der Waals surface area contributed by atoms with E-state index >= 15 is 0 Å². The zero-order valence-corrected chi connectivity index (χ0v) is 12.7. The van der Waals surface area contributed by atoms with Crippen molar-refractivity contribution in [3.63, 3.8) is 0 Å². The van der Waals surface area contributed by atoms with Gasteiger partial charge >= 0.3 is 0 Å². The number of nitrogens with zero attached hydrogens (tertiary/aromatic N) is 3. The van der Waals surface area contributed by atoms with Crippen LogP contribution in [0.1, 0.15) is 41.5 Å². The molecule has 0 amide bonds. The van der Waals surface area contributed by atoms with Crippen molar-refractivity contribution in [2.45, 2.75) is 38.0 Å². The largest absolute Gasteiger partial charge is 0.369 e. The Kier molecular flexibility index (Phi) is 3.76. The predicted molar refractivity (Wildman–Crippen MR) is 85.1 cm³/mol. The van der Waals surface area contributed by atoms with Crippen LogP contribution in [0.25, 0.3) is 0 Å². The topological polar surface area (TPSA) is 78.5 Å². The van der Waals surface area contributed by atoms with Gasteiger partial charge < -0.3 is 15.6 Å². The molecule has 6 heteroatoms. The molecule has 2 aromatic rings. The number of aromatic amines is 1. The maximum absolute atomic E-state index is 4.85. The van der Waals surface area contributed by atoms with E-state index in [-0.39, 0.29) is 0 Å². The smallest absolute Gasteiger partial charge is 0.134 e. The van der Waals surface area contributed by atoms with Crippen molar-refractivity contribution >= 4 is 5.82 Å². The zero-order chi connectivity index (χ0) is 14.8. The van der Waals surface area contributed by atoms with Crippen molar-refractivity contribution in [3.05, 3.63) is 35.3 Å². The molecule has 1 fully saturated rings. The van der Waals surface area contributed by atoms with Crippen LogP contribution in [-0.2, 0) is 19.3 Å². The summed E-state index contributed by atoms with van der Waals surface area (Å²) < 4.78 is 0. The van der Waals surface area contributed by atoms with Gasteiger partial charge in [-0.25, -0.2) is 15.0 Å². The molecule has 0 atom stereocenters. The Hall–Kier alpha value is -1.95. The Balaban J connectivity index is 1.54. The molecule has 0 radical (unpaired) electrons. The molecule has 6 nitrogen and oxygen atoms in total. The van der Waals surface area contributed by atoms with Crippen LogP contribution >= 0.6 is 0 Å². The first-order valence-electron chi connectivity index (χ1n) is 8.21. The van der Waals surface area contributed by atoms with E-state index in [1.807, 2.05) is 6.20 Å². The van der Waals surface area contributed by atoms with Crippen molar-refractivity contribution < 1.29 is 0 Å². The fraction of sp³-hybridized carbons (Fsp3) is 0.562. The van der Waals surface area contributed by atoms with Gasteiger partial charge in [-0.15, -0.1) is 0 Å². The van der Waals surface area contributed by atoms with E-state index in [1.54, 1.807) is 6.33 Å². The van der Waals surface area contributed by atoms with Crippen molar-refractivity contribution in [1.82, 2.24) is 25.3 Å². The molecule has 22 heavy (non-hydrogen) atoms. The molecule has 1 aliphatic carbocycles. The number of aromatic nitrogens is 4. The fourth-order valence-electron chi connectivity index (χ4n) is 2.97. The Labute approximate surface area is 130 Å². The predicted octanol–water partition coefficient (Wildman–Crippen LogP) is 1.42. The van der Waals surface area contributed by atoms with Crippen LogP contribution in [0.5, 0.6) is 0 Å². The summed E-state index contributed by atoms with van der Waals surface area (Å²) >= 11 is 0. The highest BCUT2D eigenvalue weighted by atomic mass is 15.1. The minimum absolute atomic E-state index is 0.592. The zero-order valence-electron chi connectivity index (χ0n) is 12.7. The van der Waals surface area contributed by atoms with Crippen molar-refractivity contribution in [3.8, 4) is 0 Å².